The molecule has 0 spiro atoms. The van der Waals surface area contributed by atoms with Gasteiger partial charge in [0.2, 0.25) is 5.91 Å². The lowest BCUT2D eigenvalue weighted by molar-refractivity contribution is -0.117. The fourth-order valence-corrected chi connectivity index (χ4v) is 3.06. The summed E-state index contributed by atoms with van der Waals surface area (Å²) >= 11 is 1.27. The van der Waals surface area contributed by atoms with Crippen molar-refractivity contribution in [2.75, 3.05) is 23.3 Å². The van der Waals surface area contributed by atoms with E-state index in [4.69, 9.17) is 5.73 Å². The van der Waals surface area contributed by atoms with Gasteiger partial charge in [-0.3, -0.25) is 14.9 Å². The zero-order chi connectivity index (χ0) is 17.5. The van der Waals surface area contributed by atoms with Crippen LogP contribution in [0.5, 0.6) is 0 Å². The molecule has 0 radical (unpaired) electrons. The predicted octanol–water partition coefficient (Wildman–Crippen LogP) is 2.66. The highest BCUT2D eigenvalue weighted by Gasteiger charge is 2.11. The average Bonchev–Trinajstić information content (AvgIpc) is 2.99. The van der Waals surface area contributed by atoms with Crippen molar-refractivity contribution in [1.82, 2.24) is 4.98 Å². The molecule has 0 atom stereocenters. The molecule has 2 amide bonds. The number of thiazole rings is 1. The molecule has 0 fully saturated rings. The number of hydrogen-bond acceptors (Lipinski definition) is 5. The van der Waals surface area contributed by atoms with Crippen molar-refractivity contribution in [3.8, 4) is 0 Å². The number of nitrogens with two attached hydrogens (primary N) is 1. The molecule has 0 bridgehead atoms. The summed E-state index contributed by atoms with van der Waals surface area (Å²) in [5.41, 5.74) is 7.37. The van der Waals surface area contributed by atoms with Gasteiger partial charge in [0.05, 0.1) is 12.1 Å². The second-order valence-corrected chi connectivity index (χ2v) is 6.23. The Bertz CT molecular complexity index is 697. The fraction of sp³-hybridized carbons (Fsp3) is 0.353. The van der Waals surface area contributed by atoms with Crippen LogP contribution in [-0.4, -0.2) is 29.9 Å². The highest BCUT2D eigenvalue weighted by molar-refractivity contribution is 7.14. The first-order valence-electron chi connectivity index (χ1n) is 7.92. The lowest BCUT2D eigenvalue weighted by Gasteiger charge is -2.22. The van der Waals surface area contributed by atoms with Gasteiger partial charge in [0.25, 0.3) is 5.91 Å². The van der Waals surface area contributed by atoms with Crippen LogP contribution in [0.25, 0.3) is 0 Å². The van der Waals surface area contributed by atoms with Gasteiger partial charge < -0.3 is 10.6 Å². The van der Waals surface area contributed by atoms with Crippen molar-refractivity contribution >= 4 is 34.0 Å². The lowest BCUT2D eigenvalue weighted by atomic mass is 10.2. The minimum absolute atomic E-state index is 0.0748. The zero-order valence-electron chi connectivity index (χ0n) is 13.9. The summed E-state index contributed by atoms with van der Waals surface area (Å²) in [6.45, 7) is 6.18. The van der Waals surface area contributed by atoms with Crippen molar-refractivity contribution < 1.29 is 9.59 Å². The van der Waals surface area contributed by atoms with Gasteiger partial charge in [-0.25, -0.2) is 4.98 Å². The molecule has 0 aliphatic carbocycles. The number of amides is 2. The number of hydrogen-bond donors (Lipinski definition) is 2. The SMILES string of the molecule is CCCN(CC)c1ccc(C(=O)Nc2nc(CC(N)=O)cs2)cc1. The molecule has 3 N–H and O–H groups in total. The van der Waals surface area contributed by atoms with Crippen LogP contribution in [0, 0.1) is 0 Å². The number of primary amides is 1. The van der Waals surface area contributed by atoms with Crippen LogP contribution in [0.2, 0.25) is 0 Å². The standard InChI is InChI=1S/C17H22N4O2S/c1-3-9-21(4-2)14-7-5-12(6-8-14)16(23)20-17-19-13(11-24-17)10-15(18)22/h5-8,11H,3-4,9-10H2,1-2H3,(H2,18,22)(H,19,20,23). The van der Waals surface area contributed by atoms with Crippen molar-refractivity contribution in [2.24, 2.45) is 5.73 Å². The molecule has 2 rings (SSSR count). The molecular weight excluding hydrogens is 324 g/mol. The van der Waals surface area contributed by atoms with E-state index in [0.717, 1.165) is 25.2 Å². The third-order valence-corrected chi connectivity index (χ3v) is 4.30. The van der Waals surface area contributed by atoms with Crippen LogP contribution in [0.4, 0.5) is 10.8 Å². The van der Waals surface area contributed by atoms with Gasteiger partial charge in [0.15, 0.2) is 5.13 Å². The van der Waals surface area contributed by atoms with Crippen LogP contribution in [0.1, 0.15) is 36.3 Å². The fourth-order valence-electron chi connectivity index (χ4n) is 2.36. The third kappa shape index (κ3) is 4.79. The van der Waals surface area contributed by atoms with E-state index in [1.165, 1.54) is 11.3 Å². The molecule has 7 heteroatoms. The zero-order valence-corrected chi connectivity index (χ0v) is 14.7. The second-order valence-electron chi connectivity index (χ2n) is 5.37. The lowest BCUT2D eigenvalue weighted by Crippen LogP contribution is -2.23. The second kappa shape index (κ2) is 8.44. The molecule has 0 saturated heterocycles. The highest BCUT2D eigenvalue weighted by atomic mass is 32.1. The van der Waals surface area contributed by atoms with Gasteiger partial charge in [0.1, 0.15) is 0 Å². The van der Waals surface area contributed by atoms with Gasteiger partial charge in [0, 0.05) is 29.7 Å². The van der Waals surface area contributed by atoms with Crippen molar-refractivity contribution in [1.29, 1.82) is 0 Å². The summed E-state index contributed by atoms with van der Waals surface area (Å²) in [7, 11) is 0. The number of aromatic nitrogens is 1. The summed E-state index contributed by atoms with van der Waals surface area (Å²) in [5.74, 6) is -0.665. The smallest absolute Gasteiger partial charge is 0.257 e. The number of nitrogens with zero attached hydrogens (tertiary/aromatic N) is 2. The van der Waals surface area contributed by atoms with Crippen LogP contribution >= 0.6 is 11.3 Å². The molecule has 1 heterocycles. The Morgan fingerprint density at radius 3 is 2.54 bits per heavy atom. The molecule has 6 nitrogen and oxygen atoms in total. The molecule has 128 valence electrons. The average molecular weight is 346 g/mol. The van der Waals surface area contributed by atoms with E-state index >= 15 is 0 Å². The molecule has 0 aliphatic rings. The molecule has 0 unspecified atom stereocenters. The molecular formula is C17H22N4O2S. The number of anilines is 2. The van der Waals surface area contributed by atoms with E-state index in [0.29, 0.717) is 16.4 Å². The molecule has 24 heavy (non-hydrogen) atoms. The summed E-state index contributed by atoms with van der Waals surface area (Å²) < 4.78 is 0. The van der Waals surface area contributed by atoms with E-state index in [2.05, 4.69) is 29.0 Å². The summed E-state index contributed by atoms with van der Waals surface area (Å²) in [5, 5.41) is 4.92. The molecule has 2 aromatic rings. The maximum atomic E-state index is 12.3. The Labute approximate surface area is 145 Å². The van der Waals surface area contributed by atoms with Crippen molar-refractivity contribution in [3.63, 3.8) is 0 Å². The van der Waals surface area contributed by atoms with E-state index in [1.807, 2.05) is 12.1 Å². The third-order valence-electron chi connectivity index (χ3n) is 3.50. The number of rotatable bonds is 8. The van der Waals surface area contributed by atoms with Gasteiger partial charge in [-0.15, -0.1) is 11.3 Å². The Balaban J connectivity index is 2.02. The largest absolute Gasteiger partial charge is 0.372 e. The van der Waals surface area contributed by atoms with Gasteiger partial charge in [-0.1, -0.05) is 6.92 Å². The first-order valence-corrected chi connectivity index (χ1v) is 8.80. The van der Waals surface area contributed by atoms with Gasteiger partial charge in [-0.2, -0.15) is 0 Å². The predicted molar refractivity (Wildman–Crippen MR) is 97.6 cm³/mol. The van der Waals surface area contributed by atoms with Crippen LogP contribution in [0.3, 0.4) is 0 Å². The Kier molecular flexibility index (Phi) is 6.31. The first-order chi connectivity index (χ1) is 11.5. The number of carbonyl (C=O) groups excluding carboxylic acids is 2. The monoisotopic (exact) mass is 346 g/mol. The summed E-state index contributed by atoms with van der Waals surface area (Å²) in [6, 6.07) is 7.52. The first kappa shape index (κ1) is 17.9. The number of nitrogens with one attached hydrogen (secondary N) is 1. The van der Waals surface area contributed by atoms with Gasteiger partial charge >= 0.3 is 0 Å². The normalized spacial score (nSPS) is 10.4. The van der Waals surface area contributed by atoms with Crippen LogP contribution < -0.4 is 16.0 Å². The van der Waals surface area contributed by atoms with E-state index < -0.39 is 5.91 Å². The summed E-state index contributed by atoms with van der Waals surface area (Å²) in [6.07, 6.45) is 1.15. The minimum Gasteiger partial charge on any atom is -0.372 e. The van der Waals surface area contributed by atoms with Crippen molar-refractivity contribution in [2.45, 2.75) is 26.7 Å². The summed E-state index contributed by atoms with van der Waals surface area (Å²) in [4.78, 5) is 29.6. The van der Waals surface area contributed by atoms with E-state index in [1.54, 1.807) is 17.5 Å². The maximum absolute atomic E-state index is 12.3. The highest BCUT2D eigenvalue weighted by Crippen LogP contribution is 2.19. The Morgan fingerprint density at radius 1 is 1.25 bits per heavy atom. The topological polar surface area (TPSA) is 88.3 Å². The quantitative estimate of drug-likeness (QED) is 0.769. The van der Waals surface area contributed by atoms with Crippen LogP contribution in [0.15, 0.2) is 29.6 Å². The minimum atomic E-state index is -0.443. The Hall–Kier alpha value is -2.41. The number of carbonyl (C=O) groups is 2. The number of benzene rings is 1. The molecule has 1 aromatic carbocycles. The van der Waals surface area contributed by atoms with Crippen molar-refractivity contribution in [3.05, 3.63) is 40.9 Å². The maximum Gasteiger partial charge on any atom is 0.257 e. The Morgan fingerprint density at radius 2 is 1.96 bits per heavy atom. The molecule has 1 aromatic heterocycles. The van der Waals surface area contributed by atoms with Crippen LogP contribution in [-0.2, 0) is 11.2 Å². The van der Waals surface area contributed by atoms with E-state index in [-0.39, 0.29) is 12.3 Å². The molecule has 0 saturated carbocycles. The van der Waals surface area contributed by atoms with E-state index in [9.17, 15) is 9.59 Å². The van der Waals surface area contributed by atoms with Gasteiger partial charge in [-0.05, 0) is 37.6 Å². The molecule has 0 aliphatic heterocycles.